The molecule has 6 heteroatoms. The van der Waals surface area contributed by atoms with Gasteiger partial charge in [0.15, 0.2) is 5.76 Å². The van der Waals surface area contributed by atoms with Crippen LogP contribution in [0.15, 0.2) is 40.3 Å². The molecule has 0 unspecified atom stereocenters. The first kappa shape index (κ1) is 13.4. The van der Waals surface area contributed by atoms with Crippen LogP contribution in [0.2, 0.25) is 0 Å². The van der Waals surface area contributed by atoms with Gasteiger partial charge in [-0.05, 0) is 30.5 Å². The molecule has 19 heavy (non-hydrogen) atoms. The highest BCUT2D eigenvalue weighted by molar-refractivity contribution is 7.10. The van der Waals surface area contributed by atoms with Crippen molar-refractivity contribution >= 4 is 23.2 Å². The first-order valence-electron chi connectivity index (χ1n) is 5.81. The van der Waals surface area contributed by atoms with Crippen LogP contribution >= 0.6 is 11.3 Å². The van der Waals surface area contributed by atoms with Gasteiger partial charge in [-0.1, -0.05) is 6.07 Å². The Kier molecular flexibility index (Phi) is 4.35. The topological polar surface area (TPSA) is 71.3 Å². The highest BCUT2D eigenvalue weighted by atomic mass is 32.1. The number of hydrogen-bond donors (Lipinski definition) is 2. The van der Waals surface area contributed by atoms with Gasteiger partial charge in [0.2, 0.25) is 5.91 Å². The average Bonchev–Trinajstić information content (AvgIpc) is 3.07. The van der Waals surface area contributed by atoms with Crippen LogP contribution in [-0.4, -0.2) is 18.4 Å². The van der Waals surface area contributed by atoms with Crippen molar-refractivity contribution in [2.45, 2.75) is 13.0 Å². The maximum atomic E-state index is 11.7. The number of hydrogen-bond acceptors (Lipinski definition) is 4. The zero-order valence-corrected chi connectivity index (χ0v) is 11.2. The van der Waals surface area contributed by atoms with Crippen LogP contribution in [0.25, 0.3) is 0 Å². The summed E-state index contributed by atoms with van der Waals surface area (Å²) in [4.78, 5) is 24.3. The summed E-state index contributed by atoms with van der Waals surface area (Å²) in [6, 6.07) is 6.99. The number of furan rings is 1. The molecule has 2 heterocycles. The summed E-state index contributed by atoms with van der Waals surface area (Å²) >= 11 is 1.58. The van der Waals surface area contributed by atoms with E-state index in [1.807, 2.05) is 24.4 Å². The maximum absolute atomic E-state index is 11.7. The molecule has 2 N–H and O–H groups in total. The minimum atomic E-state index is -0.399. The molecule has 0 saturated heterocycles. The lowest BCUT2D eigenvalue weighted by Gasteiger charge is -2.12. The third-order valence-corrected chi connectivity index (χ3v) is 3.56. The smallest absolute Gasteiger partial charge is 0.287 e. The molecule has 100 valence electrons. The highest BCUT2D eigenvalue weighted by Gasteiger charge is 2.13. The summed E-state index contributed by atoms with van der Waals surface area (Å²) in [7, 11) is 0. The van der Waals surface area contributed by atoms with E-state index in [1.54, 1.807) is 23.5 Å². The molecular formula is C13H14N2O3S. The summed E-state index contributed by atoms with van der Waals surface area (Å²) in [5, 5.41) is 7.26. The van der Waals surface area contributed by atoms with E-state index in [9.17, 15) is 9.59 Å². The van der Waals surface area contributed by atoms with Gasteiger partial charge in [-0.3, -0.25) is 9.59 Å². The van der Waals surface area contributed by atoms with Crippen LogP contribution in [0.4, 0.5) is 0 Å². The van der Waals surface area contributed by atoms with Gasteiger partial charge in [0.05, 0.1) is 18.8 Å². The van der Waals surface area contributed by atoms with Gasteiger partial charge in [-0.15, -0.1) is 11.3 Å². The molecule has 2 rings (SSSR count). The third-order valence-electron chi connectivity index (χ3n) is 2.50. The monoisotopic (exact) mass is 278 g/mol. The summed E-state index contributed by atoms with van der Waals surface area (Å²) in [6.07, 6.45) is 1.41. The zero-order chi connectivity index (χ0) is 13.7. The van der Waals surface area contributed by atoms with E-state index < -0.39 is 5.91 Å². The van der Waals surface area contributed by atoms with Crippen LogP contribution in [0.1, 0.15) is 28.4 Å². The molecule has 0 aliphatic rings. The van der Waals surface area contributed by atoms with E-state index in [4.69, 9.17) is 4.42 Å². The summed E-state index contributed by atoms with van der Waals surface area (Å²) in [6.45, 7) is 1.83. The molecule has 5 nitrogen and oxygen atoms in total. The Balaban J connectivity index is 1.77. The Bertz CT molecular complexity index is 534. The fourth-order valence-corrected chi connectivity index (χ4v) is 2.29. The van der Waals surface area contributed by atoms with Gasteiger partial charge in [-0.2, -0.15) is 0 Å². The van der Waals surface area contributed by atoms with Crippen LogP contribution in [0, 0.1) is 0 Å². The van der Waals surface area contributed by atoms with E-state index in [1.165, 1.54) is 6.26 Å². The third kappa shape index (κ3) is 3.69. The van der Waals surface area contributed by atoms with Crippen LogP contribution < -0.4 is 10.6 Å². The first-order valence-corrected chi connectivity index (χ1v) is 6.69. The molecule has 0 fully saturated rings. The molecule has 0 bridgehead atoms. The van der Waals surface area contributed by atoms with Gasteiger partial charge in [0.25, 0.3) is 5.91 Å². The SMILES string of the molecule is C[C@@H](NC(=O)CNC(=O)c1ccco1)c1cccs1. The van der Waals surface area contributed by atoms with Crippen molar-refractivity contribution in [1.29, 1.82) is 0 Å². The maximum Gasteiger partial charge on any atom is 0.287 e. The molecule has 2 aromatic rings. The molecule has 2 aromatic heterocycles. The summed E-state index contributed by atoms with van der Waals surface area (Å²) in [5.74, 6) is -0.441. The summed E-state index contributed by atoms with van der Waals surface area (Å²) < 4.78 is 4.93. The lowest BCUT2D eigenvalue weighted by Crippen LogP contribution is -2.37. The minimum absolute atomic E-state index is 0.0620. The number of thiophene rings is 1. The zero-order valence-electron chi connectivity index (χ0n) is 10.4. The first-order chi connectivity index (χ1) is 9.16. The van der Waals surface area contributed by atoms with E-state index in [0.717, 1.165) is 4.88 Å². The van der Waals surface area contributed by atoms with Gasteiger partial charge in [0, 0.05) is 4.88 Å². The minimum Gasteiger partial charge on any atom is -0.459 e. The van der Waals surface area contributed by atoms with Gasteiger partial charge < -0.3 is 15.1 Å². The van der Waals surface area contributed by atoms with Gasteiger partial charge in [0.1, 0.15) is 0 Å². The Morgan fingerprint density at radius 1 is 1.37 bits per heavy atom. The second-order valence-electron chi connectivity index (χ2n) is 3.96. The summed E-state index contributed by atoms with van der Waals surface area (Å²) in [5.41, 5.74) is 0. The number of carbonyl (C=O) groups is 2. The van der Waals surface area contributed by atoms with Crippen molar-refractivity contribution in [3.63, 3.8) is 0 Å². The van der Waals surface area contributed by atoms with E-state index in [0.29, 0.717) is 0 Å². The Hall–Kier alpha value is -2.08. The number of carbonyl (C=O) groups excluding carboxylic acids is 2. The van der Waals surface area contributed by atoms with Crippen LogP contribution in [-0.2, 0) is 4.79 Å². The predicted molar refractivity (Wildman–Crippen MR) is 71.9 cm³/mol. The molecule has 0 aromatic carbocycles. The number of rotatable bonds is 5. The molecule has 0 aliphatic heterocycles. The van der Waals surface area contributed by atoms with Gasteiger partial charge in [-0.25, -0.2) is 0 Å². The van der Waals surface area contributed by atoms with E-state index in [-0.39, 0.29) is 24.3 Å². The number of amides is 2. The van der Waals surface area contributed by atoms with Gasteiger partial charge >= 0.3 is 0 Å². The van der Waals surface area contributed by atoms with Crippen molar-refractivity contribution in [3.8, 4) is 0 Å². The largest absolute Gasteiger partial charge is 0.459 e. The quantitative estimate of drug-likeness (QED) is 0.878. The van der Waals surface area contributed by atoms with Crippen molar-refractivity contribution in [2.24, 2.45) is 0 Å². The van der Waals surface area contributed by atoms with Crippen LogP contribution in [0.3, 0.4) is 0 Å². The second-order valence-corrected chi connectivity index (χ2v) is 4.94. The lowest BCUT2D eigenvalue weighted by atomic mass is 10.3. The second kappa shape index (κ2) is 6.19. The molecule has 0 aliphatic carbocycles. The normalized spacial score (nSPS) is 11.8. The van der Waals surface area contributed by atoms with Crippen molar-refractivity contribution in [1.82, 2.24) is 10.6 Å². The Morgan fingerprint density at radius 3 is 2.84 bits per heavy atom. The molecule has 0 spiro atoms. The Morgan fingerprint density at radius 2 is 2.21 bits per heavy atom. The lowest BCUT2D eigenvalue weighted by molar-refractivity contribution is -0.120. The van der Waals surface area contributed by atoms with Crippen LogP contribution in [0.5, 0.6) is 0 Å². The predicted octanol–water partition coefficient (Wildman–Crippen LogP) is 1.95. The Labute approximate surface area is 114 Å². The van der Waals surface area contributed by atoms with Crippen molar-refractivity contribution < 1.29 is 14.0 Å². The molecule has 1 atom stereocenters. The standard InChI is InChI=1S/C13H14N2O3S/c1-9(11-5-3-7-19-11)15-12(16)8-14-13(17)10-4-2-6-18-10/h2-7,9H,8H2,1H3,(H,14,17)(H,15,16)/t9-/m1/s1. The van der Waals surface area contributed by atoms with Crippen molar-refractivity contribution in [2.75, 3.05) is 6.54 Å². The molecular weight excluding hydrogens is 264 g/mol. The molecule has 0 saturated carbocycles. The van der Waals surface area contributed by atoms with Crippen molar-refractivity contribution in [3.05, 3.63) is 46.5 Å². The fraction of sp³-hybridized carbons (Fsp3) is 0.231. The average molecular weight is 278 g/mol. The molecule has 2 amide bonds. The molecule has 0 radical (unpaired) electrons. The fourth-order valence-electron chi connectivity index (χ4n) is 1.56. The van der Waals surface area contributed by atoms with E-state index >= 15 is 0 Å². The highest BCUT2D eigenvalue weighted by Crippen LogP contribution is 2.17. The number of nitrogens with one attached hydrogen (secondary N) is 2. The van der Waals surface area contributed by atoms with E-state index in [2.05, 4.69) is 10.6 Å².